The summed E-state index contributed by atoms with van der Waals surface area (Å²) in [6.45, 7) is 6.44. The normalized spacial score (nSPS) is 10.2. The summed E-state index contributed by atoms with van der Waals surface area (Å²) in [7, 11) is 0. The minimum Gasteiger partial charge on any atom is -0.494 e. The summed E-state index contributed by atoms with van der Waals surface area (Å²) in [5.74, 6) is 0.820. The molecule has 0 fully saturated rings. The molecule has 1 aromatic rings. The fourth-order valence-corrected chi connectivity index (χ4v) is 1.78. The number of carbonyl (C=O) groups excluding carboxylic acids is 1. The first-order valence-corrected chi connectivity index (χ1v) is 6.45. The van der Waals surface area contributed by atoms with Crippen LogP contribution in [0.25, 0.3) is 0 Å². The minimum absolute atomic E-state index is 0.0327. The van der Waals surface area contributed by atoms with E-state index in [0.717, 1.165) is 18.7 Å². The van der Waals surface area contributed by atoms with Crippen molar-refractivity contribution in [2.24, 2.45) is 5.73 Å². The summed E-state index contributed by atoms with van der Waals surface area (Å²) >= 11 is 0. The average Bonchev–Trinajstić information content (AvgIpc) is 2.39. The van der Waals surface area contributed by atoms with Gasteiger partial charge in [0, 0.05) is 25.2 Å². The van der Waals surface area contributed by atoms with Crippen molar-refractivity contribution >= 4 is 5.91 Å². The maximum Gasteiger partial charge on any atom is 0.253 e. The molecule has 0 spiro atoms. The number of rotatable bonds is 7. The van der Waals surface area contributed by atoms with Crippen LogP contribution in [0.1, 0.15) is 30.6 Å². The summed E-state index contributed by atoms with van der Waals surface area (Å²) in [6, 6.07) is 7.24. The lowest BCUT2D eigenvalue weighted by molar-refractivity contribution is 0.0760. The first-order chi connectivity index (χ1) is 8.72. The van der Waals surface area contributed by atoms with E-state index in [1.165, 1.54) is 0 Å². The van der Waals surface area contributed by atoms with Crippen LogP contribution in [0.3, 0.4) is 0 Å². The third-order valence-electron chi connectivity index (χ3n) is 2.59. The Bertz CT molecular complexity index is 357. The van der Waals surface area contributed by atoms with E-state index in [-0.39, 0.29) is 5.91 Å². The van der Waals surface area contributed by atoms with Gasteiger partial charge in [-0.2, -0.15) is 0 Å². The van der Waals surface area contributed by atoms with E-state index in [9.17, 15) is 4.79 Å². The number of amides is 1. The maximum absolute atomic E-state index is 12.2. The topological polar surface area (TPSA) is 55.6 Å². The number of nitrogens with zero attached hydrogens (tertiary/aromatic N) is 1. The molecule has 0 aromatic heterocycles. The van der Waals surface area contributed by atoms with E-state index < -0.39 is 0 Å². The molecular weight excluding hydrogens is 228 g/mol. The van der Waals surface area contributed by atoms with Crippen molar-refractivity contribution in [3.8, 4) is 5.75 Å². The molecule has 0 aliphatic carbocycles. The molecule has 1 amide bonds. The maximum atomic E-state index is 12.2. The van der Waals surface area contributed by atoms with Crippen LogP contribution in [0.2, 0.25) is 0 Å². The van der Waals surface area contributed by atoms with Crippen LogP contribution in [0, 0.1) is 0 Å². The second-order valence-electron chi connectivity index (χ2n) is 4.04. The second-order valence-corrected chi connectivity index (χ2v) is 4.04. The van der Waals surface area contributed by atoms with Crippen molar-refractivity contribution in [3.05, 3.63) is 29.8 Å². The van der Waals surface area contributed by atoms with Crippen molar-refractivity contribution in [3.63, 3.8) is 0 Å². The van der Waals surface area contributed by atoms with Gasteiger partial charge in [0.25, 0.3) is 5.91 Å². The molecule has 0 atom stereocenters. The van der Waals surface area contributed by atoms with E-state index in [4.69, 9.17) is 10.5 Å². The van der Waals surface area contributed by atoms with Gasteiger partial charge in [-0.1, -0.05) is 6.92 Å². The molecule has 2 N–H and O–H groups in total. The van der Waals surface area contributed by atoms with Crippen molar-refractivity contribution in [2.75, 3.05) is 26.2 Å². The smallest absolute Gasteiger partial charge is 0.253 e. The molecule has 4 nitrogen and oxygen atoms in total. The molecule has 0 aliphatic heterocycles. The number of nitrogens with two attached hydrogens (primary N) is 1. The highest BCUT2D eigenvalue weighted by Crippen LogP contribution is 2.13. The van der Waals surface area contributed by atoms with Gasteiger partial charge in [0.1, 0.15) is 5.75 Å². The molecule has 1 aromatic carbocycles. The van der Waals surface area contributed by atoms with Gasteiger partial charge < -0.3 is 15.4 Å². The van der Waals surface area contributed by atoms with Crippen LogP contribution < -0.4 is 10.5 Å². The van der Waals surface area contributed by atoms with E-state index in [1.807, 2.05) is 19.1 Å². The zero-order valence-corrected chi connectivity index (χ0v) is 11.2. The molecule has 0 bridgehead atoms. The molecule has 100 valence electrons. The molecule has 18 heavy (non-hydrogen) atoms. The molecule has 0 saturated carbocycles. The van der Waals surface area contributed by atoms with Crippen LogP contribution in [0.15, 0.2) is 24.3 Å². The van der Waals surface area contributed by atoms with Gasteiger partial charge in [-0.25, -0.2) is 0 Å². The molecule has 0 aliphatic rings. The van der Waals surface area contributed by atoms with Crippen LogP contribution >= 0.6 is 0 Å². The lowest BCUT2D eigenvalue weighted by Crippen LogP contribution is -2.35. The number of hydrogen-bond acceptors (Lipinski definition) is 3. The van der Waals surface area contributed by atoms with E-state index >= 15 is 0 Å². The number of hydrogen-bond donors (Lipinski definition) is 1. The molecule has 0 radical (unpaired) electrons. The Kier molecular flexibility index (Phi) is 6.22. The van der Waals surface area contributed by atoms with Gasteiger partial charge in [-0.05, 0) is 37.6 Å². The number of ether oxygens (including phenoxy) is 1. The molecule has 0 saturated heterocycles. The van der Waals surface area contributed by atoms with Crippen molar-refractivity contribution in [1.82, 2.24) is 4.90 Å². The quantitative estimate of drug-likeness (QED) is 0.804. The van der Waals surface area contributed by atoms with Crippen molar-refractivity contribution in [1.29, 1.82) is 0 Å². The molecule has 0 unspecified atom stereocenters. The van der Waals surface area contributed by atoms with Gasteiger partial charge in [-0.3, -0.25) is 4.79 Å². The predicted molar refractivity (Wildman–Crippen MR) is 72.9 cm³/mol. The Hall–Kier alpha value is -1.55. The molecule has 0 heterocycles. The van der Waals surface area contributed by atoms with Crippen LogP contribution in [-0.4, -0.2) is 37.0 Å². The number of benzene rings is 1. The summed E-state index contributed by atoms with van der Waals surface area (Å²) in [6.07, 6.45) is 0.933. The van der Waals surface area contributed by atoms with E-state index in [2.05, 4.69) is 6.92 Å². The van der Waals surface area contributed by atoms with E-state index in [0.29, 0.717) is 25.3 Å². The van der Waals surface area contributed by atoms with Gasteiger partial charge in [0.15, 0.2) is 0 Å². The summed E-state index contributed by atoms with van der Waals surface area (Å²) in [4.78, 5) is 14.0. The first kappa shape index (κ1) is 14.5. The lowest BCUT2D eigenvalue weighted by atomic mass is 10.2. The Labute approximate surface area is 109 Å². The second kappa shape index (κ2) is 7.71. The SMILES string of the molecule is CCCN(CCN)C(=O)c1ccc(OCC)cc1. The highest BCUT2D eigenvalue weighted by molar-refractivity contribution is 5.94. The first-order valence-electron chi connectivity index (χ1n) is 6.45. The summed E-state index contributed by atoms with van der Waals surface area (Å²) in [5, 5.41) is 0. The standard InChI is InChI=1S/C14H22N2O2/c1-3-10-16(11-9-15)14(17)12-5-7-13(8-6-12)18-4-2/h5-8H,3-4,9-11,15H2,1-2H3. The van der Waals surface area contributed by atoms with Gasteiger partial charge in [0.2, 0.25) is 0 Å². The highest BCUT2D eigenvalue weighted by atomic mass is 16.5. The Morgan fingerprint density at radius 2 is 1.89 bits per heavy atom. The molecular formula is C14H22N2O2. The molecule has 1 rings (SSSR count). The van der Waals surface area contributed by atoms with E-state index in [1.54, 1.807) is 17.0 Å². The zero-order chi connectivity index (χ0) is 13.4. The molecule has 4 heteroatoms. The van der Waals surface area contributed by atoms with Gasteiger partial charge in [0.05, 0.1) is 6.61 Å². The zero-order valence-electron chi connectivity index (χ0n) is 11.2. The van der Waals surface area contributed by atoms with Gasteiger partial charge in [-0.15, -0.1) is 0 Å². The summed E-state index contributed by atoms with van der Waals surface area (Å²) < 4.78 is 5.35. The average molecular weight is 250 g/mol. The highest BCUT2D eigenvalue weighted by Gasteiger charge is 2.13. The Morgan fingerprint density at radius 3 is 2.39 bits per heavy atom. The predicted octanol–water partition coefficient (Wildman–Crippen LogP) is 1.90. The third-order valence-corrected chi connectivity index (χ3v) is 2.59. The van der Waals surface area contributed by atoms with Crippen molar-refractivity contribution in [2.45, 2.75) is 20.3 Å². The Morgan fingerprint density at radius 1 is 1.22 bits per heavy atom. The summed E-state index contributed by atoms with van der Waals surface area (Å²) in [5.41, 5.74) is 6.21. The van der Waals surface area contributed by atoms with Crippen molar-refractivity contribution < 1.29 is 9.53 Å². The largest absolute Gasteiger partial charge is 0.494 e. The Balaban J connectivity index is 2.74. The fraction of sp³-hybridized carbons (Fsp3) is 0.500. The monoisotopic (exact) mass is 250 g/mol. The fourth-order valence-electron chi connectivity index (χ4n) is 1.78. The van der Waals surface area contributed by atoms with Crippen LogP contribution in [0.5, 0.6) is 5.75 Å². The van der Waals surface area contributed by atoms with Crippen LogP contribution in [-0.2, 0) is 0 Å². The lowest BCUT2D eigenvalue weighted by Gasteiger charge is -2.21. The minimum atomic E-state index is 0.0327. The van der Waals surface area contributed by atoms with Crippen LogP contribution in [0.4, 0.5) is 0 Å². The van der Waals surface area contributed by atoms with Gasteiger partial charge >= 0.3 is 0 Å². The number of carbonyl (C=O) groups is 1. The third kappa shape index (κ3) is 4.04.